The molecule has 3 heterocycles. The van der Waals surface area contributed by atoms with E-state index < -0.39 is 0 Å². The van der Waals surface area contributed by atoms with Crippen LogP contribution in [0.5, 0.6) is 5.75 Å². The Labute approximate surface area is 152 Å². The van der Waals surface area contributed by atoms with Crippen LogP contribution in [0.25, 0.3) is 5.69 Å². The summed E-state index contributed by atoms with van der Waals surface area (Å²) in [4.78, 5) is 15.1. The molecule has 26 heavy (non-hydrogen) atoms. The number of rotatable bonds is 5. The van der Waals surface area contributed by atoms with Crippen molar-refractivity contribution < 1.29 is 14.3 Å². The van der Waals surface area contributed by atoms with E-state index in [1.165, 1.54) is 12.8 Å². The second-order valence-electron chi connectivity index (χ2n) is 6.77. The summed E-state index contributed by atoms with van der Waals surface area (Å²) < 4.78 is 12.7. The summed E-state index contributed by atoms with van der Waals surface area (Å²) >= 11 is 0. The summed E-state index contributed by atoms with van der Waals surface area (Å²) in [6, 6.07) is 7.88. The molecule has 0 saturated carbocycles. The molecule has 2 aliphatic heterocycles. The lowest BCUT2D eigenvalue weighted by Gasteiger charge is -2.27. The van der Waals surface area contributed by atoms with Crippen molar-refractivity contribution in [2.75, 3.05) is 33.4 Å². The minimum Gasteiger partial charge on any atom is -0.494 e. The van der Waals surface area contributed by atoms with Gasteiger partial charge in [0.2, 0.25) is 0 Å². The topological polar surface area (TPSA) is 68.6 Å². The number of carbonyl (C=O) groups is 1. The molecule has 1 N–H and O–H groups in total. The minimum absolute atomic E-state index is 0.0233. The van der Waals surface area contributed by atoms with Crippen LogP contribution >= 0.6 is 0 Å². The maximum Gasteiger partial charge on any atom is 0.254 e. The number of ether oxygens (including phenoxy) is 2. The van der Waals surface area contributed by atoms with Gasteiger partial charge in [-0.15, -0.1) is 0 Å². The van der Waals surface area contributed by atoms with E-state index in [1.54, 1.807) is 24.2 Å². The van der Waals surface area contributed by atoms with Gasteiger partial charge in [0.1, 0.15) is 11.4 Å². The molecule has 7 heteroatoms. The van der Waals surface area contributed by atoms with Crippen molar-refractivity contribution in [3.8, 4) is 11.4 Å². The van der Waals surface area contributed by atoms with Crippen LogP contribution < -0.4 is 10.1 Å². The Hall–Kier alpha value is -2.38. The fraction of sp³-hybridized carbons (Fsp3) is 0.474. The quantitative estimate of drug-likeness (QED) is 0.879. The first-order chi connectivity index (χ1) is 12.8. The Morgan fingerprint density at radius 2 is 2.08 bits per heavy atom. The largest absolute Gasteiger partial charge is 0.494 e. The second-order valence-corrected chi connectivity index (χ2v) is 6.77. The molecule has 1 aromatic carbocycles. The molecule has 2 saturated heterocycles. The molecule has 0 spiro atoms. The molecular weight excluding hydrogens is 332 g/mol. The number of hydrogen-bond donors (Lipinski definition) is 1. The molecule has 2 atom stereocenters. The number of likely N-dealkylation sites (tertiary alicyclic amines) is 1. The first-order valence-electron chi connectivity index (χ1n) is 9.07. The number of hydrogen-bond acceptors (Lipinski definition) is 5. The number of carbonyl (C=O) groups excluding carboxylic acids is 1. The number of nitrogens with one attached hydrogen (secondary N) is 1. The average molecular weight is 356 g/mol. The second kappa shape index (κ2) is 7.47. The Kier molecular flexibility index (Phi) is 4.90. The lowest BCUT2D eigenvalue weighted by molar-refractivity contribution is 0.0916. The molecule has 7 nitrogen and oxygen atoms in total. The zero-order chi connectivity index (χ0) is 17.9. The Morgan fingerprint density at radius 3 is 2.88 bits per heavy atom. The average Bonchev–Trinajstić information content (AvgIpc) is 3.42. The van der Waals surface area contributed by atoms with Gasteiger partial charge in [-0.1, -0.05) is 12.1 Å². The smallest absolute Gasteiger partial charge is 0.254 e. The Morgan fingerprint density at radius 1 is 1.27 bits per heavy atom. The van der Waals surface area contributed by atoms with E-state index in [0.29, 0.717) is 24.5 Å². The molecule has 0 radical (unpaired) electrons. The van der Waals surface area contributed by atoms with Crippen LogP contribution in [-0.4, -0.2) is 66.1 Å². The molecule has 138 valence electrons. The monoisotopic (exact) mass is 356 g/mol. The third-order valence-corrected chi connectivity index (χ3v) is 5.15. The number of benzene rings is 1. The zero-order valence-electron chi connectivity index (χ0n) is 14.9. The summed E-state index contributed by atoms with van der Waals surface area (Å²) in [5, 5.41) is 7.45. The van der Waals surface area contributed by atoms with Gasteiger partial charge in [0.25, 0.3) is 5.91 Å². The van der Waals surface area contributed by atoms with Gasteiger partial charge in [-0.3, -0.25) is 9.69 Å². The molecule has 2 fully saturated rings. The summed E-state index contributed by atoms with van der Waals surface area (Å²) in [7, 11) is 1.62. The third kappa shape index (κ3) is 3.32. The summed E-state index contributed by atoms with van der Waals surface area (Å²) in [6.45, 7) is 3.43. The first-order valence-corrected chi connectivity index (χ1v) is 9.07. The Balaban J connectivity index is 1.46. The highest BCUT2D eigenvalue weighted by Gasteiger charge is 2.35. The van der Waals surface area contributed by atoms with Gasteiger partial charge in [-0.05, 0) is 38.1 Å². The molecule has 0 unspecified atom stereocenters. The minimum atomic E-state index is -0.120. The van der Waals surface area contributed by atoms with E-state index in [-0.39, 0.29) is 18.0 Å². The third-order valence-electron chi connectivity index (χ3n) is 5.15. The normalized spacial score (nSPS) is 23.3. The maximum absolute atomic E-state index is 12.7. The highest BCUT2D eigenvalue weighted by molar-refractivity contribution is 5.94. The van der Waals surface area contributed by atoms with E-state index in [2.05, 4.69) is 15.3 Å². The predicted molar refractivity (Wildman–Crippen MR) is 96.8 cm³/mol. The molecule has 2 aromatic rings. The van der Waals surface area contributed by atoms with Crippen molar-refractivity contribution in [3.63, 3.8) is 0 Å². The van der Waals surface area contributed by atoms with Crippen molar-refractivity contribution in [1.82, 2.24) is 20.0 Å². The Bertz CT molecular complexity index is 770. The van der Waals surface area contributed by atoms with Gasteiger partial charge >= 0.3 is 0 Å². The standard InChI is InChI=1S/C19H24N4O3/c1-25-18-7-3-2-6-16(18)23-11-14(10-20-23)19(24)21-15-12-26-13-17(15)22-8-4-5-9-22/h2-3,6-7,10-11,15,17H,4-5,8-9,12-13H2,1H3,(H,21,24)/t15-,17-/m0/s1. The highest BCUT2D eigenvalue weighted by atomic mass is 16.5. The number of para-hydroxylation sites is 2. The van der Waals surface area contributed by atoms with E-state index >= 15 is 0 Å². The summed E-state index contributed by atoms with van der Waals surface area (Å²) in [6.07, 6.45) is 5.77. The van der Waals surface area contributed by atoms with Crippen molar-refractivity contribution in [2.45, 2.75) is 24.9 Å². The maximum atomic E-state index is 12.7. The number of nitrogens with zero attached hydrogens (tertiary/aromatic N) is 3. The van der Waals surface area contributed by atoms with Crippen LogP contribution in [0, 0.1) is 0 Å². The van der Waals surface area contributed by atoms with Crippen LogP contribution in [0.4, 0.5) is 0 Å². The van der Waals surface area contributed by atoms with Crippen LogP contribution in [0.3, 0.4) is 0 Å². The fourth-order valence-corrected chi connectivity index (χ4v) is 3.76. The van der Waals surface area contributed by atoms with Gasteiger partial charge in [0.05, 0.1) is 44.2 Å². The van der Waals surface area contributed by atoms with Crippen molar-refractivity contribution in [3.05, 3.63) is 42.2 Å². The zero-order valence-corrected chi connectivity index (χ0v) is 14.9. The molecule has 1 amide bonds. The summed E-state index contributed by atoms with van der Waals surface area (Å²) in [5.74, 6) is 0.590. The molecule has 0 bridgehead atoms. The molecule has 0 aliphatic carbocycles. The van der Waals surface area contributed by atoms with Crippen LogP contribution in [0.2, 0.25) is 0 Å². The van der Waals surface area contributed by atoms with E-state index in [9.17, 15) is 4.79 Å². The number of aromatic nitrogens is 2. The van der Waals surface area contributed by atoms with Gasteiger partial charge < -0.3 is 14.8 Å². The SMILES string of the molecule is COc1ccccc1-n1cc(C(=O)N[C@H]2COC[C@@H]2N2CCCC2)cn1. The molecule has 2 aliphatic rings. The molecular formula is C19H24N4O3. The summed E-state index contributed by atoms with van der Waals surface area (Å²) in [5.41, 5.74) is 1.33. The van der Waals surface area contributed by atoms with Crippen LogP contribution in [0.15, 0.2) is 36.7 Å². The van der Waals surface area contributed by atoms with Gasteiger partial charge in [-0.25, -0.2) is 4.68 Å². The van der Waals surface area contributed by atoms with Crippen LogP contribution in [-0.2, 0) is 4.74 Å². The van der Waals surface area contributed by atoms with E-state index in [1.807, 2.05) is 24.3 Å². The van der Waals surface area contributed by atoms with Gasteiger partial charge in [0.15, 0.2) is 0 Å². The van der Waals surface area contributed by atoms with Gasteiger partial charge in [-0.2, -0.15) is 5.10 Å². The van der Waals surface area contributed by atoms with Crippen molar-refractivity contribution in [1.29, 1.82) is 0 Å². The van der Waals surface area contributed by atoms with Crippen LogP contribution in [0.1, 0.15) is 23.2 Å². The first kappa shape index (κ1) is 17.1. The van der Waals surface area contributed by atoms with E-state index in [4.69, 9.17) is 9.47 Å². The van der Waals surface area contributed by atoms with Gasteiger partial charge in [0, 0.05) is 6.20 Å². The van der Waals surface area contributed by atoms with Crippen molar-refractivity contribution in [2.24, 2.45) is 0 Å². The van der Waals surface area contributed by atoms with Crippen molar-refractivity contribution >= 4 is 5.91 Å². The lowest BCUT2D eigenvalue weighted by atomic mass is 10.1. The fourth-order valence-electron chi connectivity index (χ4n) is 3.76. The van der Waals surface area contributed by atoms with E-state index in [0.717, 1.165) is 18.8 Å². The lowest BCUT2D eigenvalue weighted by Crippen LogP contribution is -2.50. The highest BCUT2D eigenvalue weighted by Crippen LogP contribution is 2.22. The number of methoxy groups -OCH3 is 1. The predicted octanol–water partition coefficient (Wildman–Crippen LogP) is 1.47. The molecule has 4 rings (SSSR count). The molecule has 1 aromatic heterocycles. The number of amides is 1.